The van der Waals surface area contributed by atoms with Crippen LogP contribution in [0.2, 0.25) is 0 Å². The van der Waals surface area contributed by atoms with E-state index < -0.39 is 131 Å². The van der Waals surface area contributed by atoms with E-state index in [1.165, 1.54) is 9.80 Å². The molecule has 3 saturated heterocycles. The summed E-state index contributed by atoms with van der Waals surface area (Å²) in [6, 6.07) is -5.10. The van der Waals surface area contributed by atoms with Gasteiger partial charge in [0.2, 0.25) is 59.1 Å². The maximum atomic E-state index is 14.9. The van der Waals surface area contributed by atoms with Crippen LogP contribution in [-0.4, -0.2) is 165 Å². The Kier molecular flexibility index (Phi) is 25.6. The molecule has 5 rings (SSSR count). The topological polar surface area (TPSA) is 351 Å². The lowest BCUT2D eigenvalue weighted by Crippen LogP contribution is -2.62. The van der Waals surface area contributed by atoms with Crippen molar-refractivity contribution in [1.82, 2.24) is 62.3 Å². The Morgan fingerprint density at radius 1 is 0.463 bits per heavy atom. The Bertz CT molecular complexity index is 2330. The zero-order valence-electron chi connectivity index (χ0n) is 49.0. The highest BCUT2D eigenvalue weighted by Crippen LogP contribution is 2.23. The zero-order chi connectivity index (χ0) is 60.2. The molecule has 10 atom stereocenters. The van der Waals surface area contributed by atoms with E-state index in [0.29, 0.717) is 36.8 Å². The Morgan fingerprint density at radius 3 is 1.12 bits per heavy atom. The average molecular weight is 1140 g/mol. The molecule has 24 nitrogen and oxygen atoms in total. The molecule has 82 heavy (non-hydrogen) atoms. The van der Waals surface area contributed by atoms with Crippen LogP contribution in [0, 0.1) is 23.7 Å². The number of carbonyl (C=O) groups is 10. The van der Waals surface area contributed by atoms with Crippen LogP contribution in [0.3, 0.4) is 0 Å². The molecule has 452 valence electrons. The van der Waals surface area contributed by atoms with Crippen molar-refractivity contribution < 1.29 is 47.9 Å². The minimum absolute atomic E-state index is 0.0369. The van der Waals surface area contributed by atoms with Crippen LogP contribution >= 0.6 is 0 Å². The van der Waals surface area contributed by atoms with Crippen LogP contribution in [0.1, 0.15) is 131 Å². The molecule has 2 aromatic heterocycles. The molecule has 0 bridgehead atoms. The van der Waals surface area contributed by atoms with Gasteiger partial charge < -0.3 is 63.8 Å². The second kappa shape index (κ2) is 31.9. The van der Waals surface area contributed by atoms with Crippen molar-refractivity contribution in [2.45, 2.75) is 193 Å². The first kappa shape index (κ1) is 65.7. The number of nitrogens with zero attached hydrogens (tertiary/aromatic N) is 4. The van der Waals surface area contributed by atoms with Crippen molar-refractivity contribution >= 4 is 59.1 Å². The number of amides is 10. The summed E-state index contributed by atoms with van der Waals surface area (Å²) in [5.41, 5.74) is 13.0. The molecule has 0 aliphatic carbocycles. The first-order valence-corrected chi connectivity index (χ1v) is 29.2. The van der Waals surface area contributed by atoms with Crippen molar-refractivity contribution in [3.05, 3.63) is 60.2 Å². The molecule has 3 aliphatic rings. The van der Waals surface area contributed by atoms with Gasteiger partial charge in [-0.25, -0.2) is 0 Å². The van der Waals surface area contributed by atoms with Crippen LogP contribution in [0.5, 0.6) is 0 Å². The smallest absolute Gasteiger partial charge is 0.246 e. The van der Waals surface area contributed by atoms with Gasteiger partial charge in [-0.3, -0.25) is 57.9 Å². The van der Waals surface area contributed by atoms with Gasteiger partial charge in [0, 0.05) is 50.7 Å². The second-order valence-corrected chi connectivity index (χ2v) is 23.5. The van der Waals surface area contributed by atoms with Crippen molar-refractivity contribution in [3.63, 3.8) is 0 Å². The molecule has 0 radical (unpaired) electrons. The number of hydrogen-bond acceptors (Lipinski definition) is 14. The number of nitrogens with two attached hydrogens (primary N) is 2. The number of pyridine rings is 2. The highest BCUT2D eigenvalue weighted by atomic mass is 16.2. The molecule has 3 aliphatic heterocycles. The van der Waals surface area contributed by atoms with E-state index in [2.05, 4.69) is 52.5 Å². The van der Waals surface area contributed by atoms with E-state index in [4.69, 9.17) is 11.5 Å². The Labute approximate surface area is 482 Å². The number of hydrogen-bond donors (Lipinski definition) is 10. The van der Waals surface area contributed by atoms with Gasteiger partial charge in [-0.05, 0) is 124 Å². The van der Waals surface area contributed by atoms with Gasteiger partial charge >= 0.3 is 0 Å². The third-order valence-corrected chi connectivity index (χ3v) is 15.1. The summed E-state index contributed by atoms with van der Waals surface area (Å²) in [5.74, 6) is -8.00. The van der Waals surface area contributed by atoms with Crippen LogP contribution in [0.15, 0.2) is 49.1 Å². The van der Waals surface area contributed by atoms with Crippen LogP contribution in [-0.2, 0) is 60.8 Å². The third-order valence-electron chi connectivity index (χ3n) is 15.1. The van der Waals surface area contributed by atoms with E-state index in [-0.39, 0.29) is 89.4 Å². The molecular formula is C58H90N14O10. The van der Waals surface area contributed by atoms with Crippen LogP contribution in [0.25, 0.3) is 0 Å². The summed E-state index contributed by atoms with van der Waals surface area (Å²) < 4.78 is 0. The standard InChI is InChI=1S/C58H90N14O10/c1-33(2)27-41-51(75)67-43(29-37-15-11-23-61-31-37)57(81)71-25-13-19-45(71)53(77)70-48(36(7)8)56(80)64-40(18-10-22-60)50(74)66-42(28-34(3)4)52(76)68-44(30-38-16-12-24-62-32-38)58(82)72-26-14-20-46(72)54(78)69-47(35(5)6)55(79)63-39(17-9-21-59)49(73)65-41/h11-12,15-16,23-24,31-36,39-48H,9-10,13-14,17-22,25-30,59-60H2,1-8H3,(H,63,79)(H,64,80)(H,65,73)(H,66,74)(H,67,75)(H,68,76)(H,69,78)(H,70,77)/t39-,40-,41-,42-,43+,44+,45-,46-,47-,48-/m0/s1. The lowest BCUT2D eigenvalue weighted by Gasteiger charge is -2.33. The molecule has 24 heteroatoms. The second-order valence-electron chi connectivity index (χ2n) is 23.5. The third kappa shape index (κ3) is 19.0. The lowest BCUT2D eigenvalue weighted by molar-refractivity contribution is -0.143. The largest absolute Gasteiger partial charge is 0.343 e. The molecule has 10 amide bonds. The summed E-state index contributed by atoms with van der Waals surface area (Å²) >= 11 is 0. The fraction of sp³-hybridized carbons (Fsp3) is 0.655. The summed E-state index contributed by atoms with van der Waals surface area (Å²) in [7, 11) is 0. The fourth-order valence-electron chi connectivity index (χ4n) is 10.7. The molecule has 0 aromatic carbocycles. The molecule has 12 N–H and O–H groups in total. The van der Waals surface area contributed by atoms with Crippen molar-refractivity contribution in [2.75, 3.05) is 26.2 Å². The maximum Gasteiger partial charge on any atom is 0.246 e. The summed E-state index contributed by atoms with van der Waals surface area (Å²) in [4.78, 5) is 157. The predicted molar refractivity (Wildman–Crippen MR) is 306 cm³/mol. The normalized spacial score (nSPS) is 26.6. The number of rotatable bonds is 16. The van der Waals surface area contributed by atoms with Crippen molar-refractivity contribution in [1.29, 1.82) is 0 Å². The van der Waals surface area contributed by atoms with Crippen molar-refractivity contribution in [3.8, 4) is 0 Å². The number of carbonyl (C=O) groups excluding carboxylic acids is 10. The molecule has 0 spiro atoms. The van der Waals surface area contributed by atoms with Crippen LogP contribution in [0.4, 0.5) is 0 Å². The quantitative estimate of drug-likeness (QED) is 0.106. The summed E-state index contributed by atoms with van der Waals surface area (Å²) in [6.45, 7) is 14.9. The number of nitrogens with one attached hydrogen (secondary N) is 8. The van der Waals surface area contributed by atoms with E-state index >= 15 is 0 Å². The predicted octanol–water partition coefficient (Wildman–Crippen LogP) is 0.0178. The monoisotopic (exact) mass is 1140 g/mol. The van der Waals surface area contributed by atoms with E-state index in [1.54, 1.807) is 76.7 Å². The molecule has 0 saturated carbocycles. The van der Waals surface area contributed by atoms with Crippen LogP contribution < -0.4 is 54.0 Å². The zero-order valence-corrected chi connectivity index (χ0v) is 49.0. The Balaban J connectivity index is 1.58. The fourth-order valence-corrected chi connectivity index (χ4v) is 10.7. The summed E-state index contributed by atoms with van der Waals surface area (Å²) in [5, 5.41) is 22.7. The van der Waals surface area contributed by atoms with Gasteiger partial charge in [0.05, 0.1) is 0 Å². The number of fused-ring (bicyclic) bond motifs is 2. The lowest BCUT2D eigenvalue weighted by atomic mass is 9.99. The first-order valence-electron chi connectivity index (χ1n) is 29.2. The molecule has 3 fully saturated rings. The minimum Gasteiger partial charge on any atom is -0.343 e. The van der Waals surface area contributed by atoms with Gasteiger partial charge in [0.1, 0.15) is 60.4 Å². The van der Waals surface area contributed by atoms with Gasteiger partial charge in [-0.15, -0.1) is 0 Å². The molecule has 0 unspecified atom stereocenters. The molecule has 2 aromatic rings. The highest BCUT2D eigenvalue weighted by Gasteiger charge is 2.43. The minimum atomic E-state index is -1.26. The maximum absolute atomic E-state index is 14.9. The molecular weight excluding hydrogens is 1050 g/mol. The highest BCUT2D eigenvalue weighted by molar-refractivity contribution is 6.00. The SMILES string of the molecule is CC(C)C[C@@H]1NC(=O)[C@H](CCCN)NC(=O)[C@H](C(C)C)NC(=O)[C@@H]2CCCN2C(=O)[C@@H](Cc2cccnc2)NC(=O)[C@H](CC(C)C)NC(=O)[C@H](CCCN)NC(=O)[C@H](C(C)C)NC(=O)[C@@H]2CCCN2C(=O)[C@@H](Cc2cccnc2)NC1=O. The van der Waals surface area contributed by atoms with Gasteiger partial charge in [-0.2, -0.15) is 0 Å². The first-order chi connectivity index (χ1) is 39.0. The Hall–Kier alpha value is -7.08. The summed E-state index contributed by atoms with van der Waals surface area (Å²) in [6.07, 6.45) is 8.42. The van der Waals surface area contributed by atoms with E-state index in [1.807, 2.05) is 27.7 Å². The van der Waals surface area contributed by atoms with E-state index in [0.717, 1.165) is 0 Å². The number of aromatic nitrogens is 2. The van der Waals surface area contributed by atoms with Crippen molar-refractivity contribution in [2.24, 2.45) is 35.1 Å². The molecule has 5 heterocycles. The Morgan fingerprint density at radius 2 is 0.805 bits per heavy atom. The average Bonchev–Trinajstić information content (AvgIpc) is 4.16. The van der Waals surface area contributed by atoms with Gasteiger partial charge in [-0.1, -0.05) is 67.5 Å². The van der Waals surface area contributed by atoms with Gasteiger partial charge in [0.25, 0.3) is 0 Å². The van der Waals surface area contributed by atoms with Gasteiger partial charge in [0.15, 0.2) is 0 Å². The van der Waals surface area contributed by atoms with E-state index in [9.17, 15) is 47.9 Å².